The Hall–Kier alpha value is -1.07. The fourth-order valence-electron chi connectivity index (χ4n) is 2.80. The van der Waals surface area contributed by atoms with Gasteiger partial charge in [-0.1, -0.05) is 6.07 Å². The van der Waals surface area contributed by atoms with Gasteiger partial charge in [-0.05, 0) is 71.0 Å². The van der Waals surface area contributed by atoms with Gasteiger partial charge < -0.3 is 10.1 Å². The molecule has 0 aliphatic carbocycles. The zero-order valence-corrected chi connectivity index (χ0v) is 14.9. The molecule has 1 aromatic heterocycles. The molecule has 2 rings (SSSR count). The van der Waals surface area contributed by atoms with Crippen LogP contribution in [0.1, 0.15) is 51.5 Å². The number of likely N-dealkylation sites (tertiary alicyclic amines) is 1. The van der Waals surface area contributed by atoms with Crippen molar-refractivity contribution in [2.45, 2.75) is 52.2 Å². The molecule has 0 saturated carbocycles. The molecule has 0 radical (unpaired) electrons. The zero-order chi connectivity index (χ0) is 16.2. The van der Waals surface area contributed by atoms with Crippen molar-refractivity contribution >= 4 is 17.4 Å². The summed E-state index contributed by atoms with van der Waals surface area (Å²) >= 11 is 1.83. The number of alkyl carbamates (subject to hydrolysis) is 1. The molecule has 5 heteroatoms. The first kappa shape index (κ1) is 17.3. The lowest BCUT2D eigenvalue weighted by molar-refractivity contribution is 0.0506. The lowest BCUT2D eigenvalue weighted by Crippen LogP contribution is -2.40. The molecule has 1 fully saturated rings. The summed E-state index contributed by atoms with van der Waals surface area (Å²) in [5, 5.41) is 5.05. The predicted molar refractivity (Wildman–Crippen MR) is 91.3 cm³/mol. The molecular weight excluding hydrogens is 296 g/mol. The molecule has 1 saturated heterocycles. The van der Waals surface area contributed by atoms with Gasteiger partial charge in [0.05, 0.1) is 0 Å². The summed E-state index contributed by atoms with van der Waals surface area (Å²) in [4.78, 5) is 15.7. The van der Waals surface area contributed by atoms with Crippen molar-refractivity contribution in [2.24, 2.45) is 5.92 Å². The number of amides is 1. The molecule has 1 atom stereocenters. The number of rotatable bonds is 4. The molecule has 2 heterocycles. The number of hydrogen-bond donors (Lipinski definition) is 1. The lowest BCUT2D eigenvalue weighted by Gasteiger charge is -2.35. The maximum Gasteiger partial charge on any atom is 0.407 e. The summed E-state index contributed by atoms with van der Waals surface area (Å²) in [6, 6.07) is 4.83. The largest absolute Gasteiger partial charge is 0.444 e. The van der Waals surface area contributed by atoms with Crippen molar-refractivity contribution in [3.63, 3.8) is 0 Å². The van der Waals surface area contributed by atoms with E-state index in [0.29, 0.717) is 12.0 Å². The molecular formula is C17H28N2O2S. The summed E-state index contributed by atoms with van der Waals surface area (Å²) in [6.07, 6.45) is 1.96. The minimum absolute atomic E-state index is 0.304. The Balaban J connectivity index is 1.70. The quantitative estimate of drug-likeness (QED) is 0.908. The highest BCUT2D eigenvalue weighted by Crippen LogP contribution is 2.28. The topological polar surface area (TPSA) is 41.6 Å². The molecule has 0 bridgehead atoms. The number of nitrogens with zero attached hydrogens (tertiary/aromatic N) is 1. The Morgan fingerprint density at radius 2 is 2.14 bits per heavy atom. The second-order valence-electron chi connectivity index (χ2n) is 7.05. The third-order valence-corrected chi connectivity index (χ3v) is 5.13. The van der Waals surface area contributed by atoms with E-state index in [9.17, 15) is 4.79 Å². The fraction of sp³-hybridized carbons (Fsp3) is 0.706. The van der Waals surface area contributed by atoms with Crippen LogP contribution in [0.3, 0.4) is 0 Å². The van der Waals surface area contributed by atoms with Crippen LogP contribution >= 0.6 is 11.3 Å². The Labute approximate surface area is 137 Å². The van der Waals surface area contributed by atoms with Crippen LogP contribution in [0.2, 0.25) is 0 Å². The molecule has 22 heavy (non-hydrogen) atoms. The molecule has 1 aliphatic rings. The van der Waals surface area contributed by atoms with Gasteiger partial charge in [-0.15, -0.1) is 11.3 Å². The number of thiophene rings is 1. The summed E-state index contributed by atoms with van der Waals surface area (Å²) in [6.45, 7) is 10.9. The second-order valence-corrected chi connectivity index (χ2v) is 8.03. The van der Waals surface area contributed by atoms with E-state index in [0.717, 1.165) is 32.5 Å². The van der Waals surface area contributed by atoms with Crippen LogP contribution in [0.4, 0.5) is 4.79 Å². The van der Waals surface area contributed by atoms with Gasteiger partial charge in [0.1, 0.15) is 5.60 Å². The highest BCUT2D eigenvalue weighted by molar-refractivity contribution is 7.10. The number of piperidine rings is 1. The van der Waals surface area contributed by atoms with Crippen molar-refractivity contribution in [3.05, 3.63) is 22.4 Å². The predicted octanol–water partition coefficient (Wildman–Crippen LogP) is 4.05. The number of carbonyl (C=O) groups is 1. The molecule has 0 spiro atoms. The SMILES string of the molecule is C[C@@H](c1cccs1)N1CCC(CNC(=O)OC(C)(C)C)CC1. The summed E-state index contributed by atoms with van der Waals surface area (Å²) in [7, 11) is 0. The van der Waals surface area contributed by atoms with Crippen LogP contribution in [0, 0.1) is 5.92 Å². The maximum atomic E-state index is 11.7. The van der Waals surface area contributed by atoms with E-state index in [1.165, 1.54) is 4.88 Å². The van der Waals surface area contributed by atoms with Crippen LogP contribution in [0.15, 0.2) is 17.5 Å². The molecule has 1 N–H and O–H groups in total. The van der Waals surface area contributed by atoms with Gasteiger partial charge in [-0.2, -0.15) is 0 Å². The van der Waals surface area contributed by atoms with Gasteiger partial charge in [0, 0.05) is 17.5 Å². The highest BCUT2D eigenvalue weighted by Gasteiger charge is 2.25. The van der Waals surface area contributed by atoms with Crippen molar-refractivity contribution in [1.29, 1.82) is 0 Å². The summed E-state index contributed by atoms with van der Waals surface area (Å²) < 4.78 is 5.28. The zero-order valence-electron chi connectivity index (χ0n) is 14.1. The Morgan fingerprint density at radius 1 is 1.45 bits per heavy atom. The van der Waals surface area contributed by atoms with Gasteiger partial charge >= 0.3 is 6.09 Å². The molecule has 0 aromatic carbocycles. The monoisotopic (exact) mass is 324 g/mol. The Bertz CT molecular complexity index is 460. The van der Waals surface area contributed by atoms with Crippen LogP contribution < -0.4 is 5.32 Å². The van der Waals surface area contributed by atoms with Gasteiger partial charge in [-0.25, -0.2) is 4.79 Å². The van der Waals surface area contributed by atoms with E-state index >= 15 is 0 Å². The molecule has 4 nitrogen and oxygen atoms in total. The first-order valence-corrected chi connectivity index (χ1v) is 8.97. The fourth-order valence-corrected chi connectivity index (χ4v) is 3.61. The van der Waals surface area contributed by atoms with Gasteiger partial charge in [0.15, 0.2) is 0 Å². The summed E-state index contributed by atoms with van der Waals surface area (Å²) in [5.74, 6) is 0.555. The summed E-state index contributed by atoms with van der Waals surface area (Å²) in [5.41, 5.74) is -0.427. The minimum Gasteiger partial charge on any atom is -0.444 e. The smallest absolute Gasteiger partial charge is 0.407 e. The minimum atomic E-state index is -0.427. The number of nitrogens with one attached hydrogen (secondary N) is 1. The standard InChI is InChI=1S/C17H28N2O2S/c1-13(15-6-5-11-22-15)19-9-7-14(8-10-19)12-18-16(20)21-17(2,3)4/h5-6,11,13-14H,7-10,12H2,1-4H3,(H,18,20)/t13-/m0/s1. The number of carbonyl (C=O) groups excluding carboxylic acids is 1. The van der Waals surface area contributed by atoms with Crippen molar-refractivity contribution in [3.8, 4) is 0 Å². The second kappa shape index (κ2) is 7.47. The Morgan fingerprint density at radius 3 is 2.68 bits per heavy atom. The lowest BCUT2D eigenvalue weighted by atomic mass is 9.95. The third-order valence-electron chi connectivity index (χ3n) is 4.09. The molecule has 1 amide bonds. The molecule has 1 aliphatic heterocycles. The van der Waals surface area contributed by atoms with Crippen LogP contribution in [0.25, 0.3) is 0 Å². The molecule has 1 aromatic rings. The van der Waals surface area contributed by atoms with Crippen LogP contribution in [0.5, 0.6) is 0 Å². The van der Waals surface area contributed by atoms with Crippen molar-refractivity contribution < 1.29 is 9.53 Å². The van der Waals surface area contributed by atoms with Crippen molar-refractivity contribution in [2.75, 3.05) is 19.6 Å². The van der Waals surface area contributed by atoms with E-state index in [1.807, 2.05) is 32.1 Å². The van der Waals surface area contributed by atoms with E-state index in [2.05, 4.69) is 34.7 Å². The van der Waals surface area contributed by atoms with E-state index in [1.54, 1.807) is 0 Å². The average Bonchev–Trinajstić information content (AvgIpc) is 2.97. The average molecular weight is 324 g/mol. The van der Waals surface area contributed by atoms with Gasteiger partial charge in [0.2, 0.25) is 0 Å². The normalized spacial score (nSPS) is 18.9. The van der Waals surface area contributed by atoms with Crippen LogP contribution in [-0.2, 0) is 4.74 Å². The molecule has 0 unspecified atom stereocenters. The first-order chi connectivity index (χ1) is 10.3. The first-order valence-electron chi connectivity index (χ1n) is 8.09. The van der Waals surface area contributed by atoms with E-state index in [4.69, 9.17) is 4.74 Å². The van der Waals surface area contributed by atoms with E-state index < -0.39 is 5.60 Å². The van der Waals surface area contributed by atoms with Crippen molar-refractivity contribution in [1.82, 2.24) is 10.2 Å². The number of ether oxygens (including phenoxy) is 1. The van der Waals surface area contributed by atoms with Gasteiger partial charge in [0.25, 0.3) is 0 Å². The Kier molecular flexibility index (Phi) is 5.87. The van der Waals surface area contributed by atoms with Crippen LogP contribution in [-0.4, -0.2) is 36.2 Å². The highest BCUT2D eigenvalue weighted by atomic mass is 32.1. The van der Waals surface area contributed by atoms with Gasteiger partial charge in [-0.3, -0.25) is 4.90 Å². The van der Waals surface area contributed by atoms with E-state index in [-0.39, 0.29) is 6.09 Å². The number of hydrogen-bond acceptors (Lipinski definition) is 4. The molecule has 124 valence electrons. The third kappa shape index (κ3) is 5.29. The maximum absolute atomic E-state index is 11.7.